The molecule has 2 aromatic rings. The molecule has 4 nitrogen and oxygen atoms in total. The molecule has 0 aliphatic carbocycles. The van der Waals surface area contributed by atoms with Gasteiger partial charge in [-0.05, 0) is 29.8 Å². The molecule has 0 unspecified atom stereocenters. The fourth-order valence-electron chi connectivity index (χ4n) is 1.72. The fourth-order valence-corrected chi connectivity index (χ4v) is 1.72. The minimum atomic E-state index is -0.252. The summed E-state index contributed by atoms with van der Waals surface area (Å²) in [6, 6.07) is 11.0. The standard InChI is InChI=1S/C14H10N2O2/c17-14-13(8-10-4-3-7-15-9-10)18-12-6-2-1-5-11(12)16-14/h1-9H,(H,16,17)/b13-8+. The third kappa shape index (κ3) is 1.96. The lowest BCUT2D eigenvalue weighted by Gasteiger charge is -2.19. The molecule has 1 amide bonds. The highest BCUT2D eigenvalue weighted by atomic mass is 16.5. The Hall–Kier alpha value is -2.62. The van der Waals surface area contributed by atoms with Gasteiger partial charge in [-0.2, -0.15) is 0 Å². The Balaban J connectivity index is 1.96. The monoisotopic (exact) mass is 238 g/mol. The minimum absolute atomic E-state index is 0.252. The van der Waals surface area contributed by atoms with Crippen LogP contribution in [0.2, 0.25) is 0 Å². The Morgan fingerprint density at radius 1 is 1.17 bits per heavy atom. The topological polar surface area (TPSA) is 51.2 Å². The van der Waals surface area contributed by atoms with Crippen molar-refractivity contribution in [2.45, 2.75) is 0 Å². The van der Waals surface area contributed by atoms with E-state index in [1.54, 1.807) is 30.6 Å². The first kappa shape index (κ1) is 10.5. The highest BCUT2D eigenvalue weighted by molar-refractivity contribution is 6.08. The molecule has 0 spiro atoms. The molecular weight excluding hydrogens is 228 g/mol. The van der Waals surface area contributed by atoms with Crippen LogP contribution in [0.15, 0.2) is 54.6 Å². The van der Waals surface area contributed by atoms with Crippen LogP contribution in [0.4, 0.5) is 5.69 Å². The molecule has 0 bridgehead atoms. The average molecular weight is 238 g/mol. The number of hydrogen-bond donors (Lipinski definition) is 1. The highest BCUT2D eigenvalue weighted by Crippen LogP contribution is 2.30. The number of benzene rings is 1. The first-order valence-corrected chi connectivity index (χ1v) is 5.53. The maximum Gasteiger partial charge on any atom is 0.291 e. The van der Waals surface area contributed by atoms with Crippen LogP contribution in [0.1, 0.15) is 5.56 Å². The summed E-state index contributed by atoms with van der Waals surface area (Å²) in [5.74, 6) is 0.659. The number of para-hydroxylation sites is 2. The molecule has 1 N–H and O–H groups in total. The molecule has 0 radical (unpaired) electrons. The zero-order valence-corrected chi connectivity index (χ0v) is 9.46. The van der Waals surface area contributed by atoms with Crippen molar-refractivity contribution >= 4 is 17.7 Å². The summed E-state index contributed by atoms with van der Waals surface area (Å²) >= 11 is 0. The van der Waals surface area contributed by atoms with Crippen molar-refractivity contribution in [3.05, 3.63) is 60.1 Å². The van der Waals surface area contributed by atoms with E-state index in [1.807, 2.05) is 24.3 Å². The lowest BCUT2D eigenvalue weighted by Crippen LogP contribution is -2.23. The fraction of sp³-hybridized carbons (Fsp3) is 0. The van der Waals surface area contributed by atoms with E-state index in [-0.39, 0.29) is 11.7 Å². The van der Waals surface area contributed by atoms with Crippen LogP contribution < -0.4 is 10.1 Å². The van der Waals surface area contributed by atoms with Crippen LogP contribution >= 0.6 is 0 Å². The lowest BCUT2D eigenvalue weighted by molar-refractivity contribution is -0.115. The van der Waals surface area contributed by atoms with E-state index < -0.39 is 0 Å². The van der Waals surface area contributed by atoms with Crippen molar-refractivity contribution < 1.29 is 9.53 Å². The summed E-state index contributed by atoms with van der Waals surface area (Å²) in [4.78, 5) is 15.8. The quantitative estimate of drug-likeness (QED) is 0.776. The van der Waals surface area contributed by atoms with Gasteiger partial charge >= 0.3 is 0 Å². The summed E-state index contributed by atoms with van der Waals surface area (Å²) < 4.78 is 5.57. The second-order valence-corrected chi connectivity index (χ2v) is 3.85. The summed E-state index contributed by atoms with van der Waals surface area (Å²) in [6.45, 7) is 0. The average Bonchev–Trinajstić information content (AvgIpc) is 2.41. The number of nitrogens with zero attached hydrogens (tertiary/aromatic N) is 1. The molecule has 0 saturated carbocycles. The number of rotatable bonds is 1. The molecule has 18 heavy (non-hydrogen) atoms. The van der Waals surface area contributed by atoms with Gasteiger partial charge in [0.1, 0.15) is 0 Å². The first-order chi connectivity index (χ1) is 8.83. The van der Waals surface area contributed by atoms with Gasteiger partial charge in [-0.3, -0.25) is 9.78 Å². The maximum absolute atomic E-state index is 11.8. The van der Waals surface area contributed by atoms with Gasteiger partial charge in [0.2, 0.25) is 0 Å². The third-order valence-electron chi connectivity index (χ3n) is 2.56. The summed E-state index contributed by atoms with van der Waals surface area (Å²) in [7, 11) is 0. The minimum Gasteiger partial charge on any atom is -0.449 e. The SMILES string of the molecule is O=C1Nc2ccccc2O/C1=C/c1cccnc1. The van der Waals surface area contributed by atoms with E-state index >= 15 is 0 Å². The smallest absolute Gasteiger partial charge is 0.291 e. The van der Waals surface area contributed by atoms with Crippen molar-refractivity contribution in [2.75, 3.05) is 5.32 Å². The van der Waals surface area contributed by atoms with Gasteiger partial charge in [-0.15, -0.1) is 0 Å². The predicted octanol–water partition coefficient (Wildman–Crippen LogP) is 2.45. The Labute approximate surface area is 104 Å². The molecule has 3 rings (SSSR count). The zero-order chi connectivity index (χ0) is 12.4. The van der Waals surface area contributed by atoms with Crippen molar-refractivity contribution in [3.8, 4) is 5.75 Å². The van der Waals surface area contributed by atoms with Gasteiger partial charge in [0.05, 0.1) is 5.69 Å². The molecule has 0 saturated heterocycles. The second kappa shape index (κ2) is 4.33. The maximum atomic E-state index is 11.8. The molecule has 88 valence electrons. The lowest BCUT2D eigenvalue weighted by atomic mass is 10.2. The van der Waals surface area contributed by atoms with Gasteiger partial charge in [-0.1, -0.05) is 18.2 Å². The molecule has 1 aromatic heterocycles. The summed E-state index contributed by atoms with van der Waals surface area (Å²) in [5, 5.41) is 2.78. The number of carbonyl (C=O) groups is 1. The number of carbonyl (C=O) groups excluding carboxylic acids is 1. The Morgan fingerprint density at radius 3 is 2.89 bits per heavy atom. The number of amides is 1. The normalized spacial score (nSPS) is 15.8. The third-order valence-corrected chi connectivity index (χ3v) is 2.56. The van der Waals surface area contributed by atoms with Crippen LogP contribution in [0.3, 0.4) is 0 Å². The van der Waals surface area contributed by atoms with Crippen LogP contribution in [0.25, 0.3) is 6.08 Å². The van der Waals surface area contributed by atoms with Crippen LogP contribution in [0, 0.1) is 0 Å². The van der Waals surface area contributed by atoms with E-state index in [0.29, 0.717) is 11.4 Å². The van der Waals surface area contributed by atoms with Gasteiger partial charge in [0.15, 0.2) is 11.5 Å². The molecule has 1 aromatic carbocycles. The van der Waals surface area contributed by atoms with Gasteiger partial charge in [0, 0.05) is 12.4 Å². The Bertz CT molecular complexity index is 621. The number of nitrogens with one attached hydrogen (secondary N) is 1. The van der Waals surface area contributed by atoms with Crippen molar-refractivity contribution in [1.29, 1.82) is 0 Å². The molecule has 1 aliphatic rings. The molecule has 2 heterocycles. The van der Waals surface area contributed by atoms with Gasteiger partial charge in [-0.25, -0.2) is 0 Å². The highest BCUT2D eigenvalue weighted by Gasteiger charge is 2.21. The predicted molar refractivity (Wildman–Crippen MR) is 67.9 cm³/mol. The molecule has 4 heteroatoms. The first-order valence-electron chi connectivity index (χ1n) is 5.53. The largest absolute Gasteiger partial charge is 0.449 e. The van der Waals surface area contributed by atoms with Crippen molar-refractivity contribution in [2.24, 2.45) is 0 Å². The van der Waals surface area contributed by atoms with Crippen LogP contribution in [-0.2, 0) is 4.79 Å². The number of fused-ring (bicyclic) bond motifs is 1. The van der Waals surface area contributed by atoms with Gasteiger partial charge in [0.25, 0.3) is 5.91 Å². The number of ether oxygens (including phenoxy) is 1. The summed E-state index contributed by atoms with van der Waals surface area (Å²) in [6.07, 6.45) is 5.02. The molecule has 0 fully saturated rings. The number of aromatic nitrogens is 1. The van der Waals surface area contributed by atoms with Crippen LogP contribution in [-0.4, -0.2) is 10.9 Å². The van der Waals surface area contributed by atoms with Gasteiger partial charge < -0.3 is 10.1 Å². The molecule has 0 atom stereocenters. The van der Waals surface area contributed by atoms with Crippen molar-refractivity contribution in [3.63, 3.8) is 0 Å². The molecular formula is C14H10N2O2. The molecule has 1 aliphatic heterocycles. The van der Waals surface area contributed by atoms with E-state index in [4.69, 9.17) is 4.74 Å². The number of pyridine rings is 1. The van der Waals surface area contributed by atoms with E-state index in [2.05, 4.69) is 10.3 Å². The summed E-state index contributed by atoms with van der Waals surface area (Å²) in [5.41, 5.74) is 1.51. The second-order valence-electron chi connectivity index (χ2n) is 3.85. The van der Waals surface area contributed by atoms with E-state index in [1.165, 1.54) is 0 Å². The number of anilines is 1. The Morgan fingerprint density at radius 2 is 2.06 bits per heavy atom. The van der Waals surface area contributed by atoms with E-state index in [0.717, 1.165) is 5.56 Å². The zero-order valence-electron chi connectivity index (χ0n) is 9.46. The number of hydrogen-bond acceptors (Lipinski definition) is 3. The van der Waals surface area contributed by atoms with Crippen molar-refractivity contribution in [1.82, 2.24) is 4.98 Å². The Kier molecular flexibility index (Phi) is 2.53. The van der Waals surface area contributed by atoms with E-state index in [9.17, 15) is 4.79 Å². The van der Waals surface area contributed by atoms with Crippen LogP contribution in [0.5, 0.6) is 5.75 Å².